The number of hydrogen-bond donors (Lipinski definition) is 1. The highest BCUT2D eigenvalue weighted by molar-refractivity contribution is 5.94. The van der Waals surface area contributed by atoms with Crippen LogP contribution in [0.4, 0.5) is 5.69 Å². The number of hydrogen-bond acceptors (Lipinski definition) is 5. The van der Waals surface area contributed by atoms with E-state index in [1.165, 1.54) is 64.7 Å². The molecule has 0 bridgehead atoms. The number of nitrogens with one attached hydrogen (secondary N) is 1. The van der Waals surface area contributed by atoms with E-state index >= 15 is 0 Å². The van der Waals surface area contributed by atoms with Crippen LogP contribution in [-0.2, 0) is 0 Å². The number of nitrogens with zero attached hydrogens (tertiary/aromatic N) is 2. The number of anilines is 1. The largest absolute Gasteiger partial charge is 0.491 e. The van der Waals surface area contributed by atoms with Gasteiger partial charge in [0.25, 0.3) is 0 Å². The topological polar surface area (TPSA) is 44.8 Å². The van der Waals surface area contributed by atoms with E-state index in [-0.39, 0.29) is 0 Å². The van der Waals surface area contributed by atoms with Crippen LogP contribution in [0, 0.1) is 0 Å². The average Bonchev–Trinajstić information content (AvgIpc) is 2.88. The summed E-state index contributed by atoms with van der Waals surface area (Å²) in [5, 5.41) is 3.57. The van der Waals surface area contributed by atoms with Gasteiger partial charge in [-0.25, -0.2) is 0 Å². The van der Waals surface area contributed by atoms with E-state index in [2.05, 4.69) is 21.2 Å². The van der Waals surface area contributed by atoms with Crippen LogP contribution in [0.3, 0.4) is 0 Å². The third kappa shape index (κ3) is 6.81. The van der Waals surface area contributed by atoms with Crippen molar-refractivity contribution in [2.45, 2.75) is 44.9 Å². The van der Waals surface area contributed by atoms with Crippen molar-refractivity contribution in [3.63, 3.8) is 0 Å². The molecule has 0 atom stereocenters. The Labute approximate surface area is 199 Å². The summed E-state index contributed by atoms with van der Waals surface area (Å²) < 4.78 is 6.32. The summed E-state index contributed by atoms with van der Waals surface area (Å²) >= 11 is 0. The number of rotatable bonds is 11. The zero-order chi connectivity index (χ0) is 22.7. The van der Waals surface area contributed by atoms with E-state index in [1.54, 1.807) is 0 Å². The lowest BCUT2D eigenvalue weighted by Gasteiger charge is -2.27. The van der Waals surface area contributed by atoms with Gasteiger partial charge in [0.2, 0.25) is 0 Å². The summed E-state index contributed by atoms with van der Waals surface area (Å²) in [5.41, 5.74) is 3.53. The minimum Gasteiger partial charge on any atom is -0.491 e. The Morgan fingerprint density at radius 3 is 2.15 bits per heavy atom. The lowest BCUT2D eigenvalue weighted by Crippen LogP contribution is -2.33. The zero-order valence-electron chi connectivity index (χ0n) is 19.9. The van der Waals surface area contributed by atoms with Gasteiger partial charge in [0, 0.05) is 19.6 Å². The smallest absolute Gasteiger partial charge is 0.154 e. The van der Waals surface area contributed by atoms with Gasteiger partial charge in [-0.3, -0.25) is 4.79 Å². The van der Waals surface area contributed by atoms with Crippen molar-refractivity contribution < 1.29 is 9.53 Å². The first-order valence-corrected chi connectivity index (χ1v) is 12.8. The number of ether oxygens (including phenoxy) is 1. The predicted molar refractivity (Wildman–Crippen MR) is 136 cm³/mol. The fourth-order valence-electron chi connectivity index (χ4n) is 5.06. The number of aldehydes is 1. The number of likely N-dealkylation sites (tertiary alicyclic amines) is 2. The van der Waals surface area contributed by atoms with Crippen LogP contribution < -0.4 is 10.1 Å². The van der Waals surface area contributed by atoms with Crippen molar-refractivity contribution >= 4 is 12.0 Å². The fraction of sp³-hybridized carbons (Fsp3) is 0.536. The van der Waals surface area contributed by atoms with E-state index in [0.717, 1.165) is 49.2 Å². The minimum atomic E-state index is 0.621. The van der Waals surface area contributed by atoms with Crippen molar-refractivity contribution in [3.8, 4) is 16.9 Å². The summed E-state index contributed by atoms with van der Waals surface area (Å²) in [4.78, 5) is 17.3. The maximum absolute atomic E-state index is 12.3. The van der Waals surface area contributed by atoms with Gasteiger partial charge in [0.1, 0.15) is 0 Å². The molecule has 4 rings (SSSR count). The van der Waals surface area contributed by atoms with Crippen molar-refractivity contribution in [1.29, 1.82) is 0 Å². The molecule has 0 saturated carbocycles. The first-order chi connectivity index (χ1) is 16.3. The predicted octanol–water partition coefficient (Wildman–Crippen LogP) is 5.32. The Morgan fingerprint density at radius 1 is 0.818 bits per heavy atom. The minimum absolute atomic E-state index is 0.621. The van der Waals surface area contributed by atoms with Gasteiger partial charge in [0.05, 0.1) is 17.9 Å². The van der Waals surface area contributed by atoms with E-state index in [9.17, 15) is 4.79 Å². The van der Waals surface area contributed by atoms with Crippen LogP contribution in [0.1, 0.15) is 55.3 Å². The second-order valence-electron chi connectivity index (χ2n) is 9.32. The Kier molecular flexibility index (Phi) is 9.19. The van der Waals surface area contributed by atoms with Crippen molar-refractivity contribution in [2.24, 2.45) is 0 Å². The number of benzene rings is 2. The zero-order valence-corrected chi connectivity index (χ0v) is 19.9. The highest BCUT2D eigenvalue weighted by Crippen LogP contribution is 2.36. The summed E-state index contributed by atoms with van der Waals surface area (Å²) in [6, 6.07) is 14.2. The molecule has 5 heteroatoms. The molecule has 2 aromatic rings. The summed E-state index contributed by atoms with van der Waals surface area (Å²) in [6.07, 6.45) is 9.84. The van der Waals surface area contributed by atoms with E-state index in [0.29, 0.717) is 17.9 Å². The first-order valence-electron chi connectivity index (χ1n) is 12.8. The normalized spacial score (nSPS) is 17.6. The first kappa shape index (κ1) is 23.8. The van der Waals surface area contributed by atoms with Crippen LogP contribution in [0.2, 0.25) is 0 Å². The van der Waals surface area contributed by atoms with Crippen molar-refractivity contribution in [3.05, 3.63) is 48.0 Å². The van der Waals surface area contributed by atoms with E-state index < -0.39 is 0 Å². The molecule has 178 valence electrons. The second kappa shape index (κ2) is 12.8. The molecule has 2 aliphatic heterocycles. The highest BCUT2D eigenvalue weighted by Gasteiger charge is 2.17. The fourth-order valence-corrected chi connectivity index (χ4v) is 5.06. The Bertz CT molecular complexity index is 859. The molecule has 5 nitrogen and oxygen atoms in total. The molecule has 1 N–H and O–H groups in total. The lowest BCUT2D eigenvalue weighted by atomic mass is 9.98. The van der Waals surface area contributed by atoms with Gasteiger partial charge in [0.15, 0.2) is 12.0 Å². The average molecular weight is 450 g/mol. The Hall–Kier alpha value is -2.37. The lowest BCUT2D eigenvalue weighted by molar-refractivity contribution is 0.112. The summed E-state index contributed by atoms with van der Waals surface area (Å²) in [6.45, 7) is 8.34. The Balaban J connectivity index is 1.45. The SMILES string of the molecule is O=Cc1c(-c2ccccc2)ccc(NCCN2CCCCC2)c1OCCCN1CCCCC1. The van der Waals surface area contributed by atoms with Crippen molar-refractivity contribution in [1.82, 2.24) is 9.80 Å². The van der Waals surface area contributed by atoms with Crippen LogP contribution in [0.15, 0.2) is 42.5 Å². The summed E-state index contributed by atoms with van der Waals surface area (Å²) in [7, 11) is 0. The third-order valence-electron chi connectivity index (χ3n) is 6.90. The molecule has 0 aliphatic carbocycles. The van der Waals surface area contributed by atoms with Gasteiger partial charge < -0.3 is 19.9 Å². The van der Waals surface area contributed by atoms with Crippen LogP contribution in [0.5, 0.6) is 5.75 Å². The van der Waals surface area contributed by atoms with Crippen LogP contribution >= 0.6 is 0 Å². The second-order valence-corrected chi connectivity index (χ2v) is 9.32. The molecule has 0 aromatic heterocycles. The van der Waals surface area contributed by atoms with Gasteiger partial charge in [-0.1, -0.05) is 49.2 Å². The maximum Gasteiger partial charge on any atom is 0.154 e. The van der Waals surface area contributed by atoms with Gasteiger partial charge >= 0.3 is 0 Å². The molecular formula is C28H39N3O2. The molecule has 0 unspecified atom stereocenters. The summed E-state index contributed by atoms with van der Waals surface area (Å²) in [5.74, 6) is 0.698. The molecular weight excluding hydrogens is 410 g/mol. The molecule has 0 amide bonds. The van der Waals surface area contributed by atoms with Gasteiger partial charge in [-0.05, 0) is 75.5 Å². The molecule has 0 spiro atoms. The van der Waals surface area contributed by atoms with E-state index in [1.807, 2.05) is 36.4 Å². The van der Waals surface area contributed by atoms with Crippen LogP contribution in [-0.4, -0.2) is 68.5 Å². The maximum atomic E-state index is 12.3. The number of carbonyl (C=O) groups is 1. The quantitative estimate of drug-likeness (QED) is 0.372. The molecule has 2 heterocycles. The van der Waals surface area contributed by atoms with Crippen molar-refractivity contribution in [2.75, 3.05) is 57.7 Å². The number of carbonyl (C=O) groups excluding carboxylic acids is 1. The van der Waals surface area contributed by atoms with Crippen LogP contribution in [0.25, 0.3) is 11.1 Å². The molecule has 2 saturated heterocycles. The third-order valence-corrected chi connectivity index (χ3v) is 6.90. The molecule has 2 aliphatic rings. The molecule has 2 aromatic carbocycles. The van der Waals surface area contributed by atoms with E-state index in [4.69, 9.17) is 4.74 Å². The highest BCUT2D eigenvalue weighted by atomic mass is 16.5. The molecule has 33 heavy (non-hydrogen) atoms. The van der Waals surface area contributed by atoms with Gasteiger partial charge in [-0.2, -0.15) is 0 Å². The monoisotopic (exact) mass is 449 g/mol. The number of piperidine rings is 2. The molecule has 0 radical (unpaired) electrons. The molecule has 2 fully saturated rings. The Morgan fingerprint density at radius 2 is 1.48 bits per heavy atom. The van der Waals surface area contributed by atoms with Gasteiger partial charge in [-0.15, -0.1) is 0 Å². The standard InChI is InChI=1S/C28H39N3O2/c32-23-26-25(24-11-4-1-5-12-24)13-14-27(29-15-21-31-18-8-3-9-19-31)28(26)33-22-10-20-30-16-6-2-7-17-30/h1,4-5,11-14,23,29H,2-3,6-10,15-22H2.